The van der Waals surface area contributed by atoms with Crippen LogP contribution in [0, 0.1) is 18.8 Å². The van der Waals surface area contributed by atoms with Crippen molar-refractivity contribution in [2.24, 2.45) is 0 Å². The van der Waals surface area contributed by atoms with Gasteiger partial charge in [-0.15, -0.1) is 48.1 Å². The average Bonchev–Trinajstić information content (AvgIpc) is 3.76. The fourth-order valence-corrected chi connectivity index (χ4v) is 6.72. The van der Waals surface area contributed by atoms with Crippen LogP contribution in [0.5, 0.6) is 0 Å². The molecule has 0 saturated carbocycles. The van der Waals surface area contributed by atoms with Gasteiger partial charge in [-0.1, -0.05) is 107 Å². The number of benzene rings is 5. The molecule has 52 heavy (non-hydrogen) atoms. The first kappa shape index (κ1) is 35.3. The Morgan fingerprint density at radius 1 is 0.615 bits per heavy atom. The standard InChI is InChI=1S/C46H42N5.Pt/c1-45(2,3)33-27-34(46(4,5)6)29-39(28-33)49-26-25-48(32-49)36-17-14-18-37(30-36)50(35-15-8-7-9-16-35)38-22-23-41-40-19-10-11-20-42(40)51(43(41)31-38)44-21-12-13-24-47-44;/h7-29,32H,1-6H3;/q-3;. The van der Waals surface area contributed by atoms with Crippen molar-refractivity contribution in [3.8, 4) is 5.82 Å². The van der Waals surface area contributed by atoms with E-state index >= 15 is 0 Å². The molecular weight excluding hydrogens is 818 g/mol. The molecule has 0 unspecified atom stereocenters. The molecule has 1 aliphatic rings. The van der Waals surface area contributed by atoms with Gasteiger partial charge in [-0.3, -0.25) is 0 Å². The van der Waals surface area contributed by atoms with Gasteiger partial charge in [-0.2, -0.15) is 12.1 Å². The molecule has 0 spiro atoms. The molecule has 264 valence electrons. The summed E-state index contributed by atoms with van der Waals surface area (Å²) in [6.07, 6.45) is 6.07. The second-order valence-electron chi connectivity index (χ2n) is 15.2. The van der Waals surface area contributed by atoms with Gasteiger partial charge in [0, 0.05) is 44.2 Å². The Bertz CT molecular complexity index is 2350. The molecule has 0 amide bonds. The van der Waals surface area contributed by atoms with Gasteiger partial charge in [0.1, 0.15) is 5.82 Å². The average molecular weight is 860 g/mol. The molecule has 0 aliphatic carbocycles. The van der Waals surface area contributed by atoms with Gasteiger partial charge in [0.2, 0.25) is 0 Å². The Morgan fingerprint density at radius 2 is 1.29 bits per heavy atom. The quantitative estimate of drug-likeness (QED) is 0.156. The van der Waals surface area contributed by atoms with Gasteiger partial charge in [0.25, 0.3) is 0 Å². The Hall–Kier alpha value is -5.12. The van der Waals surface area contributed by atoms with E-state index in [2.05, 4.69) is 189 Å². The number of para-hydroxylation sites is 2. The number of aromatic nitrogens is 2. The Morgan fingerprint density at radius 3 is 2.00 bits per heavy atom. The van der Waals surface area contributed by atoms with Crippen LogP contribution in [0.15, 0.2) is 140 Å². The van der Waals surface area contributed by atoms with E-state index in [0.717, 1.165) is 50.7 Å². The fraction of sp³-hybridized carbons (Fsp3) is 0.174. The van der Waals surface area contributed by atoms with Crippen LogP contribution in [0.3, 0.4) is 0 Å². The number of hydrogen-bond acceptors (Lipinski definition) is 4. The smallest absolute Gasteiger partial charge is 0.135 e. The zero-order chi connectivity index (χ0) is 35.3. The molecule has 2 aromatic heterocycles. The largest absolute Gasteiger partial charge is 0.500 e. The predicted molar refractivity (Wildman–Crippen MR) is 213 cm³/mol. The molecule has 1 aliphatic heterocycles. The molecule has 3 heterocycles. The van der Waals surface area contributed by atoms with Gasteiger partial charge < -0.3 is 19.3 Å². The summed E-state index contributed by atoms with van der Waals surface area (Å²) in [4.78, 5) is 11.3. The SMILES string of the molecule is CC(C)(C)c1cc(N2C=CN(c3[c-]c(N(c4[c-]c5c(cc4)c4ccccc4n5-c4ccccn4)c4ccccc4)ccc3)[CH-]2)cc(C(C)(C)C)c1.[Pt]. The van der Waals surface area contributed by atoms with Crippen molar-refractivity contribution < 1.29 is 21.1 Å². The number of nitrogens with zero attached hydrogens (tertiary/aromatic N) is 5. The van der Waals surface area contributed by atoms with E-state index in [9.17, 15) is 0 Å². The summed E-state index contributed by atoms with van der Waals surface area (Å²) < 4.78 is 2.20. The van der Waals surface area contributed by atoms with Crippen molar-refractivity contribution in [2.75, 3.05) is 14.7 Å². The molecule has 5 aromatic carbocycles. The number of hydrogen-bond donors (Lipinski definition) is 0. The predicted octanol–water partition coefficient (Wildman–Crippen LogP) is 11.8. The number of pyridine rings is 1. The molecule has 5 nitrogen and oxygen atoms in total. The number of rotatable bonds is 6. The van der Waals surface area contributed by atoms with Gasteiger partial charge in [0.15, 0.2) is 0 Å². The molecule has 0 atom stereocenters. The van der Waals surface area contributed by atoms with Crippen molar-refractivity contribution in [2.45, 2.75) is 52.4 Å². The second-order valence-corrected chi connectivity index (χ2v) is 15.2. The van der Waals surface area contributed by atoms with Crippen LogP contribution < -0.4 is 14.7 Å². The van der Waals surface area contributed by atoms with E-state index in [1.54, 1.807) is 0 Å². The third-order valence-corrected chi connectivity index (χ3v) is 9.57. The molecule has 0 fully saturated rings. The van der Waals surface area contributed by atoms with Gasteiger partial charge in [-0.25, -0.2) is 4.98 Å². The van der Waals surface area contributed by atoms with E-state index in [1.807, 2.05) is 30.5 Å². The Labute approximate surface area is 322 Å². The Balaban J connectivity index is 0.00000420. The maximum atomic E-state index is 4.73. The van der Waals surface area contributed by atoms with Crippen molar-refractivity contribution in [1.29, 1.82) is 0 Å². The van der Waals surface area contributed by atoms with Gasteiger partial charge in [-0.05, 0) is 82.2 Å². The minimum absolute atomic E-state index is 0. The van der Waals surface area contributed by atoms with Crippen LogP contribution >= 0.6 is 0 Å². The monoisotopic (exact) mass is 859 g/mol. The molecule has 7 aromatic rings. The van der Waals surface area contributed by atoms with Crippen LogP contribution in [0.4, 0.5) is 28.4 Å². The van der Waals surface area contributed by atoms with Gasteiger partial charge in [0.05, 0.1) is 0 Å². The summed E-state index contributed by atoms with van der Waals surface area (Å²) in [7, 11) is 0. The topological polar surface area (TPSA) is 27.5 Å². The molecular formula is C46H42N5Pt-3. The second kappa shape index (κ2) is 13.8. The van der Waals surface area contributed by atoms with E-state index in [-0.39, 0.29) is 31.9 Å². The fourth-order valence-electron chi connectivity index (χ4n) is 6.72. The summed E-state index contributed by atoms with van der Waals surface area (Å²) in [6.45, 7) is 15.8. The Kier molecular flexibility index (Phi) is 9.35. The number of fused-ring (bicyclic) bond motifs is 3. The van der Waals surface area contributed by atoms with Crippen LogP contribution in [0.1, 0.15) is 52.7 Å². The summed E-state index contributed by atoms with van der Waals surface area (Å²) in [6, 6.07) is 50.2. The van der Waals surface area contributed by atoms with Crippen LogP contribution in [0.2, 0.25) is 0 Å². The summed E-state index contributed by atoms with van der Waals surface area (Å²) in [5, 5.41) is 2.30. The van der Waals surface area contributed by atoms with Gasteiger partial charge >= 0.3 is 0 Å². The van der Waals surface area contributed by atoms with Crippen molar-refractivity contribution in [1.82, 2.24) is 9.55 Å². The maximum absolute atomic E-state index is 4.73. The first-order valence-corrected chi connectivity index (χ1v) is 17.6. The zero-order valence-electron chi connectivity index (χ0n) is 30.4. The van der Waals surface area contributed by atoms with Crippen molar-refractivity contribution >= 4 is 50.2 Å². The zero-order valence-corrected chi connectivity index (χ0v) is 32.7. The van der Waals surface area contributed by atoms with E-state index in [1.165, 1.54) is 16.5 Å². The van der Waals surface area contributed by atoms with Crippen LogP contribution in [-0.2, 0) is 31.9 Å². The maximum Gasteiger partial charge on any atom is 0.135 e. The molecule has 8 rings (SSSR count). The minimum atomic E-state index is 0. The third-order valence-electron chi connectivity index (χ3n) is 9.57. The number of anilines is 5. The van der Waals surface area contributed by atoms with Crippen molar-refractivity contribution in [3.63, 3.8) is 0 Å². The third kappa shape index (κ3) is 6.66. The van der Waals surface area contributed by atoms with E-state index < -0.39 is 0 Å². The minimum Gasteiger partial charge on any atom is -0.500 e. The van der Waals surface area contributed by atoms with E-state index in [4.69, 9.17) is 4.98 Å². The molecule has 6 heteroatoms. The summed E-state index contributed by atoms with van der Waals surface area (Å²) >= 11 is 0. The van der Waals surface area contributed by atoms with Crippen LogP contribution in [0.25, 0.3) is 27.6 Å². The first-order chi connectivity index (χ1) is 24.5. The molecule has 0 N–H and O–H groups in total. The molecule has 0 radical (unpaired) electrons. The summed E-state index contributed by atoms with van der Waals surface area (Å²) in [5.74, 6) is 0.862. The molecule has 0 saturated heterocycles. The van der Waals surface area contributed by atoms with Crippen molar-refractivity contribution in [3.05, 3.63) is 170 Å². The molecule has 0 bridgehead atoms. The normalized spacial score (nSPS) is 13.2. The first-order valence-electron chi connectivity index (χ1n) is 17.6. The summed E-state index contributed by atoms with van der Waals surface area (Å²) in [5.41, 5.74) is 9.75. The van der Waals surface area contributed by atoms with Crippen LogP contribution in [-0.4, -0.2) is 9.55 Å². The van der Waals surface area contributed by atoms with E-state index in [0.29, 0.717) is 0 Å².